The van der Waals surface area contributed by atoms with E-state index in [9.17, 15) is 67.1 Å². The number of aldehydes is 8. The molecule has 0 unspecified atom stereocenters. The number of piperazine rings is 4. The average Bonchev–Trinajstić information content (AvgIpc) is 0.987. The predicted octanol–water partition coefficient (Wildman–Crippen LogP) is -0.292. The number of ketones is 1. The molecule has 36 nitrogen and oxygen atoms in total. The number of nitrogens with zero attached hydrogens (tertiary/aromatic N) is 8. The molecular weight excluding hydrogens is 1720 g/mol. The predicted molar refractivity (Wildman–Crippen MR) is 475 cm³/mol. The molecule has 4 fully saturated rings. The number of fused-ring (bicyclic) bond motifs is 2. The standard InChI is InChI=1S/C46H64N10O8.C45H61N10O8.Y/c1-30(2)22-35(27-58)50-40(31(3)61)54-20-21-56(42(45(54)63)49-34(26-57)14-10-11-17-47)46(64)43(52-37(29-60)24-33-25-48-39-16-9-8-15-38(33)39)55-19-18-53(4)41(44(55)62)51-36(28-59)23-32-12-6-5-7-13-32;1-30(2)21-34(26-57)48-39(29-60)53-19-20-55(41(44(53)62)49-33(25-56)13-9-10-16-46)45(63)42(51-36(28-59)23-32-24-47-38-15-8-7-14-37(32)38)54-18-17-52(3)40(43(54)61)50-35(27-58)22-31-11-5-4-6-12-31;/h5-9,12-13,15-16,25-30,34-37,40-43,48-52H,10-11,14,17-24,47H2,1-4H3;4-8,11-12,14-15,24-28,30,33-36,39-42,47-51H,9-10,13,16-23,46H2,1-3H3;/q;-1;/t34-,35-,36-,37-,40+,41+,42+,43+;33-,34-,35-,36-,39+,40+,41+,42+;/m00./s1. The van der Waals surface area contributed by atoms with Crippen molar-refractivity contribution in [2.45, 2.75) is 209 Å². The van der Waals surface area contributed by atoms with Gasteiger partial charge in [0.2, 0.25) is 0 Å². The van der Waals surface area contributed by atoms with Crippen LogP contribution in [0.3, 0.4) is 0 Å². The van der Waals surface area contributed by atoms with E-state index in [-0.39, 0.29) is 123 Å². The summed E-state index contributed by atoms with van der Waals surface area (Å²) in [4.78, 5) is 233. The van der Waals surface area contributed by atoms with Crippen LogP contribution < -0.4 is 54.0 Å². The minimum absolute atomic E-state index is 0. The van der Waals surface area contributed by atoms with Gasteiger partial charge in [-0.15, -0.1) is 0 Å². The first-order valence-electron chi connectivity index (χ1n) is 43.7. The summed E-state index contributed by atoms with van der Waals surface area (Å²) in [5.74, 6) is -4.34. The van der Waals surface area contributed by atoms with Crippen LogP contribution in [0, 0.1) is 11.8 Å². The maximum Gasteiger partial charge on any atom is 0.262 e. The van der Waals surface area contributed by atoms with Gasteiger partial charge in [-0.2, -0.15) is 0 Å². The number of para-hydroxylation sites is 2. The summed E-state index contributed by atoms with van der Waals surface area (Å²) in [6.45, 7) is 9.66. The van der Waals surface area contributed by atoms with E-state index < -0.39 is 139 Å². The minimum atomic E-state index is -1.52. The van der Waals surface area contributed by atoms with Gasteiger partial charge in [0.1, 0.15) is 68.8 Å². The Kier molecular flexibility index (Phi) is 42.1. The summed E-state index contributed by atoms with van der Waals surface area (Å²) in [5.41, 5.74) is 16.5. The molecule has 6 aromatic rings. The van der Waals surface area contributed by atoms with Crippen LogP contribution in [-0.4, -0.2) is 324 Å². The third-order valence-electron chi connectivity index (χ3n) is 23.4. The van der Waals surface area contributed by atoms with Crippen molar-refractivity contribution in [3.63, 3.8) is 0 Å². The number of aromatic nitrogens is 2. The summed E-state index contributed by atoms with van der Waals surface area (Å²) in [5, 5.41) is 26.4. The molecule has 1 radical (unpaired) electrons. The molecule has 2 aromatic heterocycles. The smallest absolute Gasteiger partial charge is 0.262 e. The first kappa shape index (κ1) is 103. The van der Waals surface area contributed by atoms with Gasteiger partial charge in [0.05, 0.1) is 48.3 Å². The van der Waals surface area contributed by atoms with E-state index in [1.807, 2.05) is 143 Å². The topological polar surface area (TPSA) is 479 Å². The molecule has 0 spiro atoms. The van der Waals surface area contributed by atoms with Crippen LogP contribution in [0.2, 0.25) is 0 Å². The molecule has 4 saturated heterocycles. The molecule has 128 heavy (non-hydrogen) atoms. The van der Waals surface area contributed by atoms with Crippen LogP contribution in [-0.2, 0) is 135 Å². The number of Topliss-reactive ketones (excluding diaryl/α,β-unsaturated/α-hetero) is 1. The number of nitrogens with two attached hydrogens (primary N) is 2. The minimum Gasteiger partial charge on any atom is -0.539 e. The van der Waals surface area contributed by atoms with Crippen molar-refractivity contribution >= 4 is 120 Å². The third kappa shape index (κ3) is 28.1. The number of carbonyl (C=O) groups is 15. The van der Waals surface area contributed by atoms with Crippen molar-refractivity contribution in [3.8, 4) is 0 Å². The number of carbonyl (C=O) groups excluding carboxylic acids is 16. The van der Waals surface area contributed by atoms with Crippen molar-refractivity contribution in [1.29, 1.82) is 0 Å². The molecule has 4 aromatic carbocycles. The van der Waals surface area contributed by atoms with E-state index in [0.29, 0.717) is 102 Å². The molecule has 6 amide bonds. The number of aromatic amines is 2. The molecule has 0 aliphatic carbocycles. The van der Waals surface area contributed by atoms with Crippen molar-refractivity contribution < 1.29 is 109 Å². The van der Waals surface area contributed by atoms with Crippen LogP contribution in [0.1, 0.15) is 108 Å². The molecule has 14 N–H and O–H groups in total. The molecule has 689 valence electrons. The molecule has 6 heterocycles. The number of likely N-dealkylation sites (N-methyl/N-ethyl adjacent to an activating group) is 2. The molecule has 0 bridgehead atoms. The Morgan fingerprint density at radius 1 is 0.414 bits per heavy atom. The van der Waals surface area contributed by atoms with Gasteiger partial charge in [0.15, 0.2) is 30.4 Å². The fraction of sp³-hybridized carbons (Fsp3) is 0.516. The third-order valence-corrected chi connectivity index (χ3v) is 23.4. The zero-order valence-electron chi connectivity index (χ0n) is 74.0. The van der Waals surface area contributed by atoms with Gasteiger partial charge in [-0.3, -0.25) is 80.6 Å². The monoisotopic (exact) mass is 1840 g/mol. The summed E-state index contributed by atoms with van der Waals surface area (Å²) in [6, 6.07) is 26.8. The van der Waals surface area contributed by atoms with Gasteiger partial charge in [-0.1, -0.05) is 138 Å². The Hall–Kier alpha value is -9.90. The maximum atomic E-state index is 15.4. The van der Waals surface area contributed by atoms with Gasteiger partial charge >= 0.3 is 0 Å². The van der Waals surface area contributed by atoms with E-state index in [2.05, 4.69) is 52.5 Å². The number of hydrogen-bond acceptors (Lipinski definition) is 28. The molecular formula is C91H125N20O16Y-. The Labute approximate surface area is 771 Å². The Morgan fingerprint density at radius 2 is 0.750 bits per heavy atom. The van der Waals surface area contributed by atoms with Crippen LogP contribution in [0.15, 0.2) is 122 Å². The molecule has 37 heteroatoms. The van der Waals surface area contributed by atoms with Crippen molar-refractivity contribution in [3.05, 3.63) is 144 Å². The van der Waals surface area contributed by atoms with Crippen molar-refractivity contribution in [1.82, 2.24) is 91.7 Å². The van der Waals surface area contributed by atoms with Crippen LogP contribution in [0.5, 0.6) is 0 Å². The van der Waals surface area contributed by atoms with E-state index >= 15 is 9.59 Å². The van der Waals surface area contributed by atoms with E-state index in [1.54, 1.807) is 36.3 Å². The number of unbranched alkanes of at least 4 members (excludes halogenated alkanes) is 2. The number of benzene rings is 4. The summed E-state index contributed by atoms with van der Waals surface area (Å²) < 4.78 is 0. The van der Waals surface area contributed by atoms with Crippen LogP contribution >= 0.6 is 0 Å². The van der Waals surface area contributed by atoms with Gasteiger partial charge < -0.3 is 99.3 Å². The zero-order valence-corrected chi connectivity index (χ0v) is 76.8. The average molecular weight is 1840 g/mol. The molecule has 16 atom stereocenters. The maximum absolute atomic E-state index is 15.4. The van der Waals surface area contributed by atoms with Gasteiger partial charge in [-0.05, 0) is 151 Å². The van der Waals surface area contributed by atoms with E-state index in [4.69, 9.17) is 11.5 Å². The Bertz CT molecular complexity index is 4660. The van der Waals surface area contributed by atoms with Crippen LogP contribution in [0.25, 0.3) is 21.8 Å². The second-order valence-corrected chi connectivity index (χ2v) is 33.7. The van der Waals surface area contributed by atoms with Crippen molar-refractivity contribution in [2.24, 2.45) is 23.3 Å². The first-order valence-corrected chi connectivity index (χ1v) is 43.7. The van der Waals surface area contributed by atoms with Gasteiger partial charge in [0.25, 0.3) is 35.4 Å². The summed E-state index contributed by atoms with van der Waals surface area (Å²) >= 11 is 0. The number of amides is 6. The van der Waals surface area contributed by atoms with Gasteiger partial charge in [0, 0.05) is 119 Å². The first-order chi connectivity index (χ1) is 61.3. The molecule has 10 rings (SSSR count). The quantitative estimate of drug-likeness (QED) is 0.0133. The number of hydrogen-bond donors (Lipinski definition) is 12. The largest absolute Gasteiger partial charge is 0.539 e. The SMILES string of the molecule is CC(=O)[C@H](N[C@H](C=O)CC(C)C)N1CCN(C(=O)[C@H](N[C@H](C=O)Cc2c[nH]c3ccccc23)N2CCN(C)[C@@H](N[C@H](C=O)Cc3ccccc3)C2=O)[C@@H](N[C@H](C=O)CCCCN)C1=O.CC(C)C[C@@H](C=O)N[C@@H]([C-]=O)N1CCN(C(=O)[C@H](N[C@H](C=O)Cc2c[nH]c3ccccc23)N2CCN(C)[C@@H](N[C@H](C=O)Cc3ccccc3)C2=O)[C@@H](N[C@H](C=O)CCCCN)C1=O.[Y]. The Balaban J connectivity index is 0.000000314. The van der Waals surface area contributed by atoms with Crippen LogP contribution in [0.4, 0.5) is 0 Å². The Morgan fingerprint density at radius 3 is 1.12 bits per heavy atom. The van der Waals surface area contributed by atoms with Crippen molar-refractivity contribution in [2.75, 3.05) is 79.5 Å². The molecule has 4 aliphatic heterocycles. The second kappa shape index (κ2) is 52.1. The zero-order chi connectivity index (χ0) is 91.8. The second-order valence-electron chi connectivity index (χ2n) is 33.7. The molecule has 4 aliphatic rings. The summed E-state index contributed by atoms with van der Waals surface area (Å²) in [7, 11) is 3.45. The fourth-order valence-electron chi connectivity index (χ4n) is 16.7. The van der Waals surface area contributed by atoms with E-state index in [1.165, 1.54) is 36.3 Å². The number of rotatable bonds is 52. The normalized spacial score (nSPS) is 20.0. The fourth-order valence-corrected chi connectivity index (χ4v) is 16.7. The van der Waals surface area contributed by atoms with Gasteiger partial charge in [-0.25, -0.2) is 6.29 Å². The number of nitrogens with one attached hydrogen (secondary N) is 10. The van der Waals surface area contributed by atoms with E-state index in [0.717, 1.165) is 56.6 Å². The molecule has 0 saturated carbocycles. The number of H-pyrrole nitrogens is 2. The summed E-state index contributed by atoms with van der Waals surface area (Å²) in [6.07, 6.45) is 4.52.